The molecule has 4 rings (SSSR count). The largest absolute Gasteiger partial charge is 0.451 e. The first-order valence-corrected chi connectivity index (χ1v) is 11.7. The maximum absolute atomic E-state index is 13.1. The first kappa shape index (κ1) is 20.4. The van der Waals surface area contributed by atoms with Gasteiger partial charge in [0.15, 0.2) is 5.76 Å². The number of nitrogens with one attached hydrogen (secondary N) is 1. The summed E-state index contributed by atoms with van der Waals surface area (Å²) in [6.45, 7) is 6.41. The average Bonchev–Trinajstić information content (AvgIpc) is 3.34. The summed E-state index contributed by atoms with van der Waals surface area (Å²) < 4.78 is 38.9. The SMILES string of the molecule is CC1CC(C)CN(S(=O)(=O)c2ccc3oc(C(=O)NCC4CCCO4)cc3c2)C1. The monoisotopic (exact) mass is 420 g/mol. The van der Waals surface area contributed by atoms with Crippen LogP contribution < -0.4 is 5.32 Å². The van der Waals surface area contributed by atoms with Gasteiger partial charge in [-0.3, -0.25) is 4.79 Å². The molecule has 158 valence electrons. The topological polar surface area (TPSA) is 88.9 Å². The molecule has 1 aromatic heterocycles. The van der Waals surface area contributed by atoms with Gasteiger partial charge in [-0.05, 0) is 55.4 Å². The van der Waals surface area contributed by atoms with Crippen LogP contribution in [0.5, 0.6) is 0 Å². The fourth-order valence-electron chi connectivity index (χ4n) is 4.34. The number of fused-ring (bicyclic) bond motifs is 1. The number of hydrogen-bond donors (Lipinski definition) is 1. The maximum atomic E-state index is 13.1. The van der Waals surface area contributed by atoms with Crippen molar-refractivity contribution < 1.29 is 22.4 Å². The van der Waals surface area contributed by atoms with Crippen LogP contribution in [0.15, 0.2) is 33.6 Å². The molecule has 0 spiro atoms. The highest BCUT2D eigenvalue weighted by Gasteiger charge is 2.32. The molecule has 8 heteroatoms. The molecule has 2 fully saturated rings. The summed E-state index contributed by atoms with van der Waals surface area (Å²) in [6, 6.07) is 6.37. The molecular weight excluding hydrogens is 392 g/mol. The molecule has 3 atom stereocenters. The Labute approximate surface area is 171 Å². The number of piperidine rings is 1. The maximum Gasteiger partial charge on any atom is 0.287 e. The predicted octanol–water partition coefficient (Wildman–Crippen LogP) is 3.01. The van der Waals surface area contributed by atoms with Crippen LogP contribution in [-0.2, 0) is 14.8 Å². The summed E-state index contributed by atoms with van der Waals surface area (Å²) in [7, 11) is -3.58. The van der Waals surface area contributed by atoms with Crippen molar-refractivity contribution in [1.29, 1.82) is 0 Å². The lowest BCUT2D eigenvalue weighted by molar-refractivity contribution is 0.0837. The van der Waals surface area contributed by atoms with Crippen LogP contribution >= 0.6 is 0 Å². The molecule has 1 aromatic carbocycles. The number of nitrogens with zero attached hydrogens (tertiary/aromatic N) is 1. The Balaban J connectivity index is 1.52. The number of ether oxygens (including phenoxy) is 1. The Morgan fingerprint density at radius 2 is 1.97 bits per heavy atom. The van der Waals surface area contributed by atoms with E-state index in [1.165, 1.54) is 0 Å². The summed E-state index contributed by atoms with van der Waals surface area (Å²) in [5.74, 6) is 0.531. The van der Waals surface area contributed by atoms with E-state index in [2.05, 4.69) is 19.2 Å². The van der Waals surface area contributed by atoms with Crippen LogP contribution in [0.3, 0.4) is 0 Å². The highest BCUT2D eigenvalue weighted by molar-refractivity contribution is 7.89. The van der Waals surface area contributed by atoms with Crippen molar-refractivity contribution in [2.24, 2.45) is 11.8 Å². The molecule has 2 aliphatic heterocycles. The molecule has 2 aromatic rings. The second-order valence-electron chi connectivity index (χ2n) is 8.42. The standard InChI is InChI=1S/C21H28N2O5S/c1-14-8-15(2)13-23(12-14)29(25,26)18-5-6-19-16(9-18)10-20(28-19)21(24)22-11-17-4-3-7-27-17/h5-6,9-10,14-15,17H,3-4,7-8,11-13H2,1-2H3,(H,22,24). The number of carbonyl (C=O) groups is 1. The van der Waals surface area contributed by atoms with Crippen LogP contribution in [0.4, 0.5) is 0 Å². The Hall–Kier alpha value is -1.90. The number of benzene rings is 1. The lowest BCUT2D eigenvalue weighted by Crippen LogP contribution is -2.42. The van der Waals surface area contributed by atoms with Crippen LogP contribution in [0.25, 0.3) is 11.0 Å². The molecule has 0 aliphatic carbocycles. The fourth-order valence-corrected chi connectivity index (χ4v) is 6.06. The number of furan rings is 1. The molecule has 0 saturated carbocycles. The minimum Gasteiger partial charge on any atom is -0.451 e. The Bertz CT molecular complexity index is 984. The highest BCUT2D eigenvalue weighted by atomic mass is 32.2. The van der Waals surface area contributed by atoms with Gasteiger partial charge in [-0.15, -0.1) is 0 Å². The van der Waals surface area contributed by atoms with E-state index in [4.69, 9.17) is 9.15 Å². The van der Waals surface area contributed by atoms with Gasteiger partial charge in [0, 0.05) is 31.6 Å². The van der Waals surface area contributed by atoms with E-state index in [1.807, 2.05) is 0 Å². The van der Waals surface area contributed by atoms with Crippen molar-refractivity contribution in [2.45, 2.75) is 44.1 Å². The molecule has 0 radical (unpaired) electrons. The van der Waals surface area contributed by atoms with E-state index >= 15 is 0 Å². The number of amides is 1. The first-order valence-electron chi connectivity index (χ1n) is 10.3. The summed E-state index contributed by atoms with van der Waals surface area (Å²) in [5.41, 5.74) is 0.492. The van der Waals surface area contributed by atoms with Gasteiger partial charge in [-0.25, -0.2) is 8.42 Å². The van der Waals surface area contributed by atoms with Crippen molar-refractivity contribution in [3.05, 3.63) is 30.0 Å². The smallest absolute Gasteiger partial charge is 0.287 e. The Morgan fingerprint density at radius 3 is 2.66 bits per heavy atom. The van der Waals surface area contributed by atoms with E-state index in [-0.39, 0.29) is 22.7 Å². The third-order valence-corrected chi connectivity index (χ3v) is 7.53. The molecule has 3 unspecified atom stereocenters. The molecule has 3 heterocycles. The van der Waals surface area contributed by atoms with Crippen molar-refractivity contribution in [3.8, 4) is 0 Å². The summed E-state index contributed by atoms with van der Waals surface area (Å²) >= 11 is 0. The average molecular weight is 421 g/mol. The van der Waals surface area contributed by atoms with Crippen LogP contribution in [0.1, 0.15) is 43.7 Å². The molecule has 0 bridgehead atoms. The van der Waals surface area contributed by atoms with E-state index in [0.29, 0.717) is 42.4 Å². The van der Waals surface area contributed by atoms with Gasteiger partial charge in [0.2, 0.25) is 10.0 Å². The quantitative estimate of drug-likeness (QED) is 0.803. The van der Waals surface area contributed by atoms with Gasteiger partial charge < -0.3 is 14.5 Å². The minimum absolute atomic E-state index is 0.0504. The van der Waals surface area contributed by atoms with Gasteiger partial charge in [0.05, 0.1) is 11.0 Å². The molecule has 1 amide bonds. The van der Waals surface area contributed by atoms with Gasteiger partial charge >= 0.3 is 0 Å². The summed E-state index contributed by atoms with van der Waals surface area (Å²) in [6.07, 6.45) is 3.04. The second kappa shape index (κ2) is 8.08. The second-order valence-corrected chi connectivity index (χ2v) is 10.4. The molecule has 2 saturated heterocycles. The lowest BCUT2D eigenvalue weighted by atomic mass is 9.94. The highest BCUT2D eigenvalue weighted by Crippen LogP contribution is 2.29. The van der Waals surface area contributed by atoms with E-state index in [9.17, 15) is 13.2 Å². The van der Waals surface area contributed by atoms with Gasteiger partial charge in [0.25, 0.3) is 5.91 Å². The normalized spacial score (nSPS) is 26.1. The van der Waals surface area contributed by atoms with E-state index < -0.39 is 10.0 Å². The van der Waals surface area contributed by atoms with Crippen LogP contribution in [0.2, 0.25) is 0 Å². The van der Waals surface area contributed by atoms with Gasteiger partial charge in [-0.2, -0.15) is 4.31 Å². The van der Waals surface area contributed by atoms with Crippen LogP contribution in [0, 0.1) is 11.8 Å². The lowest BCUT2D eigenvalue weighted by Gasteiger charge is -2.34. The van der Waals surface area contributed by atoms with E-state index in [1.54, 1.807) is 28.6 Å². The number of hydrogen-bond acceptors (Lipinski definition) is 5. The first-order chi connectivity index (χ1) is 13.8. The van der Waals surface area contributed by atoms with Crippen molar-refractivity contribution in [1.82, 2.24) is 9.62 Å². The zero-order valence-electron chi connectivity index (χ0n) is 16.9. The van der Waals surface area contributed by atoms with Gasteiger partial charge in [0.1, 0.15) is 5.58 Å². The molecule has 7 nitrogen and oxygen atoms in total. The zero-order valence-corrected chi connectivity index (χ0v) is 17.7. The zero-order chi connectivity index (χ0) is 20.6. The number of sulfonamides is 1. The number of carbonyl (C=O) groups excluding carboxylic acids is 1. The third-order valence-electron chi connectivity index (χ3n) is 5.70. The Morgan fingerprint density at radius 1 is 1.21 bits per heavy atom. The van der Waals surface area contributed by atoms with Gasteiger partial charge in [-0.1, -0.05) is 13.8 Å². The van der Waals surface area contributed by atoms with E-state index in [0.717, 1.165) is 25.9 Å². The van der Waals surface area contributed by atoms with Crippen LogP contribution in [-0.4, -0.2) is 51.0 Å². The van der Waals surface area contributed by atoms with Crippen molar-refractivity contribution in [2.75, 3.05) is 26.2 Å². The fraction of sp³-hybridized carbons (Fsp3) is 0.571. The molecular formula is C21H28N2O5S. The summed E-state index contributed by atoms with van der Waals surface area (Å²) in [4.78, 5) is 12.6. The Kier molecular flexibility index (Phi) is 5.68. The number of rotatable bonds is 5. The molecule has 29 heavy (non-hydrogen) atoms. The third kappa shape index (κ3) is 4.34. The summed E-state index contributed by atoms with van der Waals surface area (Å²) in [5, 5.41) is 3.43. The predicted molar refractivity (Wildman–Crippen MR) is 109 cm³/mol. The van der Waals surface area contributed by atoms with Crippen molar-refractivity contribution >= 4 is 26.9 Å². The molecule has 2 aliphatic rings. The minimum atomic E-state index is -3.58. The molecule has 1 N–H and O–H groups in total. The van der Waals surface area contributed by atoms with Crippen molar-refractivity contribution in [3.63, 3.8) is 0 Å².